The van der Waals surface area contributed by atoms with Gasteiger partial charge in [-0.15, -0.1) is 0 Å². The number of anilines is 1. The summed E-state index contributed by atoms with van der Waals surface area (Å²) in [6.07, 6.45) is 8.39. The number of ether oxygens (including phenoxy) is 2. The van der Waals surface area contributed by atoms with E-state index >= 15 is 0 Å². The molecule has 1 aliphatic carbocycles. The maximum atomic E-state index is 9.82. The molecule has 2 aliphatic heterocycles. The molecule has 4 heterocycles. The molecule has 5 rings (SSSR count). The molecule has 10 heteroatoms. The zero-order valence-corrected chi connectivity index (χ0v) is 21.4. The average Bonchev–Trinajstić information content (AvgIpc) is 3.53. The van der Waals surface area contributed by atoms with Gasteiger partial charge in [-0.25, -0.2) is 10.4 Å². The van der Waals surface area contributed by atoms with E-state index in [9.17, 15) is 5.26 Å². The van der Waals surface area contributed by atoms with Gasteiger partial charge in [-0.2, -0.15) is 5.26 Å². The Bertz CT molecular complexity index is 1090. The standard InChI is InChI=1S/C25H30Cl2N6O2/c1-14(23-18(26)12-29-13-19(23)27)35-22-8-17-20(9-21(22)34-2)31-32-24(17)16-7-15(10-28)25(30-11-16)33-5-3-4-6-33/h7,11-14,17,20-22,24,31-32H,3-6,8-9H2,1-2H3/t14-,17?,20?,21?,22?,24?/m1/s1. The minimum Gasteiger partial charge on any atom is -0.379 e. The number of nitrogens with zero attached hydrogens (tertiary/aromatic N) is 4. The first-order chi connectivity index (χ1) is 17.0. The number of aromatic nitrogens is 2. The molecule has 1 saturated carbocycles. The summed E-state index contributed by atoms with van der Waals surface area (Å²) in [5.74, 6) is 1.04. The Morgan fingerprint density at radius 2 is 1.86 bits per heavy atom. The van der Waals surface area contributed by atoms with Crippen LogP contribution in [0.2, 0.25) is 10.0 Å². The van der Waals surface area contributed by atoms with Gasteiger partial charge in [0.2, 0.25) is 0 Å². The third-order valence-electron chi connectivity index (χ3n) is 7.53. The van der Waals surface area contributed by atoms with Crippen molar-refractivity contribution in [3.63, 3.8) is 0 Å². The third-order valence-corrected chi connectivity index (χ3v) is 8.13. The molecule has 0 aromatic carbocycles. The molecule has 0 radical (unpaired) electrons. The molecule has 5 unspecified atom stereocenters. The Morgan fingerprint density at radius 1 is 1.11 bits per heavy atom. The van der Waals surface area contributed by atoms with E-state index in [1.165, 1.54) is 0 Å². The number of methoxy groups -OCH3 is 1. The monoisotopic (exact) mass is 516 g/mol. The summed E-state index contributed by atoms with van der Waals surface area (Å²) in [4.78, 5) is 11.0. The quantitative estimate of drug-likeness (QED) is 0.585. The van der Waals surface area contributed by atoms with E-state index in [-0.39, 0.29) is 36.3 Å². The number of nitrogens with one attached hydrogen (secondary N) is 2. The Balaban J connectivity index is 1.36. The molecule has 6 atom stereocenters. The largest absolute Gasteiger partial charge is 0.379 e. The van der Waals surface area contributed by atoms with E-state index in [2.05, 4.69) is 26.8 Å². The van der Waals surface area contributed by atoms with Crippen LogP contribution < -0.4 is 15.8 Å². The summed E-state index contributed by atoms with van der Waals surface area (Å²) >= 11 is 12.8. The fourth-order valence-electron chi connectivity index (χ4n) is 5.77. The number of nitriles is 1. The third kappa shape index (κ3) is 4.86. The van der Waals surface area contributed by atoms with Crippen LogP contribution in [0, 0.1) is 17.2 Å². The van der Waals surface area contributed by atoms with Gasteiger partial charge < -0.3 is 14.4 Å². The molecule has 2 saturated heterocycles. The van der Waals surface area contributed by atoms with Crippen LogP contribution in [0.4, 0.5) is 5.82 Å². The van der Waals surface area contributed by atoms with Crippen molar-refractivity contribution in [2.24, 2.45) is 5.92 Å². The number of hydrogen-bond donors (Lipinski definition) is 2. The van der Waals surface area contributed by atoms with E-state index in [0.717, 1.165) is 55.7 Å². The van der Waals surface area contributed by atoms with Crippen molar-refractivity contribution in [2.75, 3.05) is 25.1 Å². The average molecular weight is 517 g/mol. The molecule has 186 valence electrons. The number of rotatable bonds is 6. The van der Waals surface area contributed by atoms with Crippen LogP contribution in [-0.2, 0) is 9.47 Å². The van der Waals surface area contributed by atoms with Crippen LogP contribution in [0.5, 0.6) is 0 Å². The summed E-state index contributed by atoms with van der Waals surface area (Å²) in [6.45, 7) is 3.86. The van der Waals surface area contributed by atoms with Crippen LogP contribution in [0.25, 0.3) is 0 Å². The predicted molar refractivity (Wildman–Crippen MR) is 134 cm³/mol. The van der Waals surface area contributed by atoms with Crippen molar-refractivity contribution in [3.05, 3.63) is 51.4 Å². The maximum Gasteiger partial charge on any atom is 0.146 e. The highest BCUT2D eigenvalue weighted by atomic mass is 35.5. The van der Waals surface area contributed by atoms with Crippen LogP contribution >= 0.6 is 23.2 Å². The van der Waals surface area contributed by atoms with E-state index in [4.69, 9.17) is 37.7 Å². The van der Waals surface area contributed by atoms with Gasteiger partial charge in [0.25, 0.3) is 0 Å². The highest BCUT2D eigenvalue weighted by Crippen LogP contribution is 2.42. The zero-order chi connectivity index (χ0) is 24.5. The highest BCUT2D eigenvalue weighted by molar-refractivity contribution is 6.35. The molecule has 2 aromatic rings. The molecule has 3 fully saturated rings. The zero-order valence-electron chi connectivity index (χ0n) is 19.9. The van der Waals surface area contributed by atoms with Crippen molar-refractivity contribution in [2.45, 2.75) is 63.0 Å². The van der Waals surface area contributed by atoms with Crippen molar-refractivity contribution in [1.29, 1.82) is 5.26 Å². The SMILES string of the molecule is COC1CC2NNC(c3cnc(N4CCCC4)c(C#N)c3)C2CC1O[C@H](C)c1c(Cl)cncc1Cl. The van der Waals surface area contributed by atoms with Gasteiger partial charge in [0, 0.05) is 50.4 Å². The van der Waals surface area contributed by atoms with Crippen molar-refractivity contribution in [1.82, 2.24) is 20.8 Å². The number of halogens is 2. The van der Waals surface area contributed by atoms with Gasteiger partial charge in [-0.05, 0) is 50.2 Å². The second kappa shape index (κ2) is 10.6. The molecular formula is C25H30Cl2N6O2. The number of fused-ring (bicyclic) bond motifs is 1. The summed E-state index contributed by atoms with van der Waals surface area (Å²) < 4.78 is 12.3. The molecule has 3 aliphatic rings. The normalized spacial score (nSPS) is 29.1. The fraction of sp³-hybridized carbons (Fsp3) is 0.560. The lowest BCUT2D eigenvalue weighted by Crippen LogP contribution is -2.47. The Kier molecular flexibility index (Phi) is 7.44. The first-order valence-electron chi connectivity index (χ1n) is 12.1. The summed E-state index contributed by atoms with van der Waals surface area (Å²) in [7, 11) is 1.72. The van der Waals surface area contributed by atoms with Gasteiger partial charge in [0.1, 0.15) is 11.9 Å². The molecule has 35 heavy (non-hydrogen) atoms. The second-order valence-corrected chi connectivity index (χ2v) is 10.4. The topological polar surface area (TPSA) is 95.3 Å². The molecular weight excluding hydrogens is 487 g/mol. The molecule has 8 nitrogen and oxygen atoms in total. The molecule has 0 bridgehead atoms. The summed E-state index contributed by atoms with van der Waals surface area (Å²) in [5.41, 5.74) is 9.27. The van der Waals surface area contributed by atoms with E-state index in [1.54, 1.807) is 19.5 Å². The highest BCUT2D eigenvalue weighted by Gasteiger charge is 2.46. The van der Waals surface area contributed by atoms with Gasteiger partial charge >= 0.3 is 0 Å². The number of hydrogen-bond acceptors (Lipinski definition) is 8. The van der Waals surface area contributed by atoms with Gasteiger partial charge in [-0.3, -0.25) is 10.4 Å². The first kappa shape index (κ1) is 24.7. The smallest absolute Gasteiger partial charge is 0.146 e. The maximum absolute atomic E-state index is 9.82. The van der Waals surface area contributed by atoms with Crippen LogP contribution in [0.15, 0.2) is 24.7 Å². The minimum absolute atomic E-state index is 0.0135. The van der Waals surface area contributed by atoms with Crippen LogP contribution in [0.1, 0.15) is 61.4 Å². The van der Waals surface area contributed by atoms with E-state index in [1.807, 2.05) is 19.2 Å². The molecule has 2 aromatic heterocycles. The predicted octanol–water partition coefficient (Wildman–Crippen LogP) is 4.34. The molecule has 2 N–H and O–H groups in total. The van der Waals surface area contributed by atoms with E-state index < -0.39 is 0 Å². The lowest BCUT2D eigenvalue weighted by molar-refractivity contribution is -0.117. The first-order valence-corrected chi connectivity index (χ1v) is 12.9. The second-order valence-electron chi connectivity index (χ2n) is 9.56. The molecule has 0 spiro atoms. The van der Waals surface area contributed by atoms with Gasteiger partial charge in [0.15, 0.2) is 0 Å². The van der Waals surface area contributed by atoms with Gasteiger partial charge in [0.05, 0.1) is 40.0 Å². The van der Waals surface area contributed by atoms with Crippen molar-refractivity contribution < 1.29 is 9.47 Å². The van der Waals surface area contributed by atoms with Crippen LogP contribution in [0.3, 0.4) is 0 Å². The lowest BCUT2D eigenvalue weighted by Gasteiger charge is -2.39. The summed E-state index contributed by atoms with van der Waals surface area (Å²) in [6, 6.07) is 4.58. The van der Waals surface area contributed by atoms with E-state index in [0.29, 0.717) is 15.6 Å². The summed E-state index contributed by atoms with van der Waals surface area (Å²) in [5, 5.41) is 10.8. The van der Waals surface area contributed by atoms with Crippen LogP contribution in [-0.4, -0.2) is 48.4 Å². The van der Waals surface area contributed by atoms with Crippen molar-refractivity contribution >= 4 is 29.0 Å². The molecule has 0 amide bonds. The lowest BCUT2D eigenvalue weighted by atomic mass is 9.77. The Morgan fingerprint density at radius 3 is 2.54 bits per heavy atom. The Labute approximate surface area is 215 Å². The number of hydrazine groups is 1. The Hall–Kier alpha value is -1.99. The number of pyridine rings is 2. The van der Waals surface area contributed by atoms with Gasteiger partial charge in [-0.1, -0.05) is 23.2 Å². The minimum atomic E-state index is -0.315. The fourth-order valence-corrected chi connectivity index (χ4v) is 6.44. The van der Waals surface area contributed by atoms with Crippen molar-refractivity contribution in [3.8, 4) is 6.07 Å².